The van der Waals surface area contributed by atoms with Crippen molar-refractivity contribution in [1.29, 1.82) is 0 Å². The number of aryl methyl sites for hydroxylation is 1. The van der Waals surface area contributed by atoms with Crippen molar-refractivity contribution in [2.75, 3.05) is 24.2 Å². The molecule has 7 heteroatoms. The van der Waals surface area contributed by atoms with Gasteiger partial charge in [0.05, 0.1) is 4.47 Å². The number of halogens is 1. The van der Waals surface area contributed by atoms with E-state index in [1.165, 1.54) is 0 Å². The molecule has 2 heterocycles. The van der Waals surface area contributed by atoms with Crippen LogP contribution in [0.5, 0.6) is 0 Å². The number of aromatic nitrogens is 4. The molecular weight excluding hydrogens is 296 g/mol. The number of nitrogens with zero attached hydrogens (tertiary/aromatic N) is 4. The van der Waals surface area contributed by atoms with Gasteiger partial charge in [-0.05, 0) is 15.9 Å². The lowest BCUT2D eigenvalue weighted by atomic mass is 10.4. The van der Waals surface area contributed by atoms with Gasteiger partial charge in [0, 0.05) is 45.7 Å². The van der Waals surface area contributed by atoms with Gasteiger partial charge in [-0.2, -0.15) is 4.98 Å². The third-order valence-corrected chi connectivity index (χ3v) is 3.11. The summed E-state index contributed by atoms with van der Waals surface area (Å²) in [5.74, 6) is 2.42. The Bertz CT molecular complexity index is 524. The van der Waals surface area contributed by atoms with Gasteiger partial charge in [0.1, 0.15) is 11.6 Å². The second-order valence-electron chi connectivity index (χ2n) is 3.77. The first-order chi connectivity index (χ1) is 8.70. The van der Waals surface area contributed by atoms with Crippen molar-refractivity contribution in [2.24, 2.45) is 7.05 Å². The van der Waals surface area contributed by atoms with Gasteiger partial charge in [-0.1, -0.05) is 0 Å². The molecule has 2 aromatic rings. The smallest absolute Gasteiger partial charge is 0.224 e. The highest BCUT2D eigenvalue weighted by Gasteiger charge is 2.04. The Kier molecular flexibility index (Phi) is 4.14. The highest BCUT2D eigenvalue weighted by Crippen LogP contribution is 2.19. The molecular formula is C11H15BrN6. The summed E-state index contributed by atoms with van der Waals surface area (Å²) in [4.78, 5) is 12.7. The molecule has 0 aliphatic carbocycles. The molecule has 2 N–H and O–H groups in total. The van der Waals surface area contributed by atoms with Gasteiger partial charge >= 0.3 is 0 Å². The zero-order valence-corrected chi connectivity index (χ0v) is 11.9. The number of hydrogen-bond acceptors (Lipinski definition) is 5. The summed E-state index contributed by atoms with van der Waals surface area (Å²) in [5.41, 5.74) is 0. The summed E-state index contributed by atoms with van der Waals surface area (Å²) >= 11 is 3.42. The summed E-state index contributed by atoms with van der Waals surface area (Å²) in [6.45, 7) is 0.767. The number of nitrogens with one attached hydrogen (secondary N) is 2. The lowest BCUT2D eigenvalue weighted by Crippen LogP contribution is -2.11. The van der Waals surface area contributed by atoms with Gasteiger partial charge < -0.3 is 15.2 Å². The zero-order valence-electron chi connectivity index (χ0n) is 10.3. The van der Waals surface area contributed by atoms with Crippen LogP contribution in [0.1, 0.15) is 5.82 Å². The maximum absolute atomic E-state index is 4.32. The van der Waals surface area contributed by atoms with E-state index < -0.39 is 0 Å². The minimum absolute atomic E-state index is 0.595. The Labute approximate surface area is 114 Å². The summed E-state index contributed by atoms with van der Waals surface area (Å²) in [6.07, 6.45) is 6.31. The molecule has 0 unspecified atom stereocenters. The van der Waals surface area contributed by atoms with Crippen LogP contribution in [0.4, 0.5) is 11.8 Å². The molecule has 0 aromatic carbocycles. The van der Waals surface area contributed by atoms with E-state index >= 15 is 0 Å². The molecule has 0 spiro atoms. The molecule has 2 aromatic heterocycles. The zero-order chi connectivity index (χ0) is 13.0. The van der Waals surface area contributed by atoms with Crippen molar-refractivity contribution in [1.82, 2.24) is 19.5 Å². The average Bonchev–Trinajstić information content (AvgIpc) is 2.77. The number of imidazole rings is 1. The van der Waals surface area contributed by atoms with Gasteiger partial charge in [0.15, 0.2) is 0 Å². The van der Waals surface area contributed by atoms with Crippen LogP contribution in [0, 0.1) is 0 Å². The molecule has 2 rings (SSSR count). The minimum atomic E-state index is 0.595. The molecule has 0 fully saturated rings. The number of rotatable bonds is 5. The van der Waals surface area contributed by atoms with Crippen molar-refractivity contribution >= 4 is 27.7 Å². The Morgan fingerprint density at radius 3 is 2.89 bits per heavy atom. The van der Waals surface area contributed by atoms with E-state index in [2.05, 4.69) is 41.5 Å². The minimum Gasteiger partial charge on any atom is -0.369 e. The van der Waals surface area contributed by atoms with Crippen LogP contribution in [-0.2, 0) is 13.5 Å². The van der Waals surface area contributed by atoms with E-state index in [1.807, 2.05) is 17.8 Å². The van der Waals surface area contributed by atoms with Crippen LogP contribution >= 0.6 is 15.9 Å². The van der Waals surface area contributed by atoms with Crippen LogP contribution in [0.3, 0.4) is 0 Å². The molecule has 0 saturated heterocycles. The fraction of sp³-hybridized carbons (Fsp3) is 0.364. The first-order valence-corrected chi connectivity index (χ1v) is 6.40. The van der Waals surface area contributed by atoms with Crippen LogP contribution < -0.4 is 10.6 Å². The van der Waals surface area contributed by atoms with E-state index in [0.29, 0.717) is 5.95 Å². The summed E-state index contributed by atoms with van der Waals surface area (Å²) < 4.78 is 2.86. The van der Waals surface area contributed by atoms with Crippen LogP contribution in [0.15, 0.2) is 23.1 Å². The van der Waals surface area contributed by atoms with Crippen molar-refractivity contribution in [3.63, 3.8) is 0 Å². The van der Waals surface area contributed by atoms with Gasteiger partial charge in [0.25, 0.3) is 0 Å². The monoisotopic (exact) mass is 310 g/mol. The normalized spacial score (nSPS) is 10.4. The van der Waals surface area contributed by atoms with Crippen LogP contribution in [0.25, 0.3) is 0 Å². The van der Waals surface area contributed by atoms with Crippen LogP contribution in [0.2, 0.25) is 0 Å². The highest BCUT2D eigenvalue weighted by molar-refractivity contribution is 9.10. The maximum Gasteiger partial charge on any atom is 0.224 e. The van der Waals surface area contributed by atoms with Gasteiger partial charge in [0.2, 0.25) is 5.95 Å². The first kappa shape index (κ1) is 12.8. The Hall–Kier alpha value is -1.63. The lowest BCUT2D eigenvalue weighted by Gasteiger charge is -2.08. The first-order valence-electron chi connectivity index (χ1n) is 5.61. The van der Waals surface area contributed by atoms with E-state index in [-0.39, 0.29) is 0 Å². The van der Waals surface area contributed by atoms with Crippen LogP contribution in [-0.4, -0.2) is 33.1 Å². The standard InChI is InChI=1S/C11H15BrN6/c1-13-11-16-7-8(12)10(17-11)15-4-3-9-14-5-6-18(9)2/h5-7H,3-4H2,1-2H3,(H2,13,15,16,17). The third-order valence-electron chi connectivity index (χ3n) is 2.53. The van der Waals surface area contributed by atoms with E-state index in [0.717, 1.165) is 29.1 Å². The maximum atomic E-state index is 4.32. The summed E-state index contributed by atoms with van der Waals surface area (Å²) in [5, 5.41) is 6.17. The Balaban J connectivity index is 1.96. The van der Waals surface area contributed by atoms with Crippen molar-refractivity contribution in [3.05, 3.63) is 28.9 Å². The number of anilines is 2. The third kappa shape index (κ3) is 2.98. The summed E-state index contributed by atoms with van der Waals surface area (Å²) in [6, 6.07) is 0. The fourth-order valence-electron chi connectivity index (χ4n) is 1.54. The molecule has 6 nitrogen and oxygen atoms in total. The van der Waals surface area contributed by atoms with E-state index in [9.17, 15) is 0 Å². The van der Waals surface area contributed by atoms with Crippen molar-refractivity contribution < 1.29 is 0 Å². The molecule has 0 atom stereocenters. The van der Waals surface area contributed by atoms with E-state index in [4.69, 9.17) is 0 Å². The van der Waals surface area contributed by atoms with Gasteiger partial charge in [-0.25, -0.2) is 9.97 Å². The second kappa shape index (κ2) is 5.81. The second-order valence-corrected chi connectivity index (χ2v) is 4.63. The number of hydrogen-bond donors (Lipinski definition) is 2. The molecule has 0 bridgehead atoms. The predicted octanol–water partition coefficient (Wildman–Crippen LogP) is 1.67. The molecule has 0 amide bonds. The lowest BCUT2D eigenvalue weighted by molar-refractivity contribution is 0.788. The average molecular weight is 311 g/mol. The molecule has 0 aliphatic rings. The summed E-state index contributed by atoms with van der Waals surface area (Å²) in [7, 11) is 3.78. The highest BCUT2D eigenvalue weighted by atomic mass is 79.9. The molecule has 0 saturated carbocycles. The fourth-order valence-corrected chi connectivity index (χ4v) is 1.87. The Morgan fingerprint density at radius 2 is 2.22 bits per heavy atom. The Morgan fingerprint density at radius 1 is 1.39 bits per heavy atom. The molecule has 0 aliphatic heterocycles. The van der Waals surface area contributed by atoms with E-state index in [1.54, 1.807) is 19.4 Å². The predicted molar refractivity (Wildman–Crippen MR) is 74.7 cm³/mol. The molecule has 18 heavy (non-hydrogen) atoms. The quantitative estimate of drug-likeness (QED) is 0.879. The molecule has 0 radical (unpaired) electrons. The van der Waals surface area contributed by atoms with Crippen molar-refractivity contribution in [2.45, 2.75) is 6.42 Å². The molecule has 96 valence electrons. The topological polar surface area (TPSA) is 67.7 Å². The SMILES string of the molecule is CNc1ncc(Br)c(NCCc2nccn2C)n1. The van der Waals surface area contributed by atoms with Gasteiger partial charge in [-0.3, -0.25) is 0 Å². The van der Waals surface area contributed by atoms with Crippen molar-refractivity contribution in [3.8, 4) is 0 Å². The largest absolute Gasteiger partial charge is 0.369 e. The van der Waals surface area contributed by atoms with Gasteiger partial charge in [-0.15, -0.1) is 0 Å².